The Labute approximate surface area is 165 Å². The minimum atomic E-state index is -0.330. The van der Waals surface area contributed by atoms with Crippen molar-refractivity contribution in [2.75, 3.05) is 11.9 Å². The van der Waals surface area contributed by atoms with Gasteiger partial charge in [0.15, 0.2) is 5.11 Å². The van der Waals surface area contributed by atoms with Gasteiger partial charge in [-0.05, 0) is 44.5 Å². The number of thiophene rings is 1. The van der Waals surface area contributed by atoms with E-state index in [-0.39, 0.29) is 5.97 Å². The van der Waals surface area contributed by atoms with Crippen molar-refractivity contribution in [2.24, 2.45) is 0 Å². The van der Waals surface area contributed by atoms with Gasteiger partial charge in [0, 0.05) is 16.5 Å². The van der Waals surface area contributed by atoms with Crippen LogP contribution in [0.3, 0.4) is 0 Å². The van der Waals surface area contributed by atoms with Gasteiger partial charge in [0.25, 0.3) is 0 Å². The van der Waals surface area contributed by atoms with Crippen molar-refractivity contribution in [3.05, 3.63) is 40.8 Å². The maximum Gasteiger partial charge on any atom is 0.341 e. The van der Waals surface area contributed by atoms with Crippen LogP contribution in [0.25, 0.3) is 11.1 Å². The average molecular weight is 391 g/mol. The maximum atomic E-state index is 12.7. The van der Waals surface area contributed by atoms with Crippen LogP contribution in [0.4, 0.5) is 5.00 Å². The molecule has 0 spiro atoms. The van der Waals surface area contributed by atoms with E-state index in [4.69, 9.17) is 17.0 Å². The highest BCUT2D eigenvalue weighted by Crippen LogP contribution is 2.40. The highest BCUT2D eigenvalue weighted by atomic mass is 32.1. The van der Waals surface area contributed by atoms with E-state index in [0.29, 0.717) is 23.3 Å². The molecule has 2 aromatic rings. The standard InChI is InChI=1S/C20H26N2O2S2/c1-5-15(6-2)21-20(25)22-18-17(19(23)24-7-3)16(13(4)26-18)14-11-9-8-10-12-14/h8-12,15H,5-7H2,1-4H3,(H2,21,22,25). The van der Waals surface area contributed by atoms with Crippen molar-refractivity contribution in [1.29, 1.82) is 0 Å². The van der Waals surface area contributed by atoms with Crippen LogP contribution in [0.1, 0.15) is 48.8 Å². The smallest absolute Gasteiger partial charge is 0.341 e. The molecule has 0 saturated heterocycles. The van der Waals surface area contributed by atoms with E-state index in [2.05, 4.69) is 24.5 Å². The molecule has 0 radical (unpaired) electrons. The number of anilines is 1. The van der Waals surface area contributed by atoms with E-state index in [1.807, 2.05) is 44.2 Å². The lowest BCUT2D eigenvalue weighted by Crippen LogP contribution is -2.37. The van der Waals surface area contributed by atoms with Gasteiger partial charge in [-0.15, -0.1) is 11.3 Å². The fourth-order valence-corrected chi connectivity index (χ4v) is 4.20. The summed E-state index contributed by atoms with van der Waals surface area (Å²) >= 11 is 6.98. The van der Waals surface area contributed by atoms with Gasteiger partial charge >= 0.3 is 5.97 Å². The molecule has 0 bridgehead atoms. The zero-order valence-electron chi connectivity index (χ0n) is 15.7. The van der Waals surface area contributed by atoms with Gasteiger partial charge in [-0.1, -0.05) is 44.2 Å². The number of carbonyl (C=O) groups is 1. The largest absolute Gasteiger partial charge is 0.462 e. The quantitative estimate of drug-likeness (QED) is 0.491. The van der Waals surface area contributed by atoms with Crippen molar-refractivity contribution in [2.45, 2.75) is 46.6 Å². The Hall–Kier alpha value is -1.92. The molecular weight excluding hydrogens is 364 g/mol. The average Bonchev–Trinajstić information content (AvgIpc) is 2.96. The first-order chi connectivity index (χ1) is 12.5. The number of carbonyl (C=O) groups excluding carboxylic acids is 1. The van der Waals surface area contributed by atoms with Crippen LogP contribution in [0.15, 0.2) is 30.3 Å². The van der Waals surface area contributed by atoms with Gasteiger partial charge in [-0.2, -0.15) is 0 Å². The molecule has 4 nitrogen and oxygen atoms in total. The highest BCUT2D eigenvalue weighted by molar-refractivity contribution is 7.80. The van der Waals surface area contributed by atoms with Crippen LogP contribution in [-0.4, -0.2) is 23.7 Å². The number of nitrogens with one attached hydrogen (secondary N) is 2. The minimum Gasteiger partial charge on any atom is -0.462 e. The van der Waals surface area contributed by atoms with Crippen molar-refractivity contribution < 1.29 is 9.53 Å². The fourth-order valence-electron chi connectivity index (χ4n) is 2.80. The van der Waals surface area contributed by atoms with Crippen molar-refractivity contribution in [3.8, 4) is 11.1 Å². The number of thiocarbonyl (C=S) groups is 1. The number of aryl methyl sites for hydroxylation is 1. The third-order valence-electron chi connectivity index (χ3n) is 4.17. The van der Waals surface area contributed by atoms with Crippen LogP contribution in [0.5, 0.6) is 0 Å². The predicted octanol–water partition coefficient (Wildman–Crippen LogP) is 5.38. The summed E-state index contributed by atoms with van der Waals surface area (Å²) in [5.74, 6) is -0.330. The van der Waals surface area contributed by atoms with Crippen LogP contribution in [0.2, 0.25) is 0 Å². The van der Waals surface area contributed by atoms with E-state index >= 15 is 0 Å². The number of benzene rings is 1. The molecule has 140 valence electrons. The van der Waals surface area contributed by atoms with E-state index in [9.17, 15) is 4.79 Å². The van der Waals surface area contributed by atoms with Gasteiger partial charge in [0.2, 0.25) is 0 Å². The SMILES string of the molecule is CCOC(=O)c1c(NC(=S)NC(CC)CC)sc(C)c1-c1ccccc1. The molecule has 0 fully saturated rings. The molecule has 1 aromatic heterocycles. The van der Waals surface area contributed by atoms with E-state index in [0.717, 1.165) is 33.8 Å². The molecule has 0 aliphatic heterocycles. The number of rotatable bonds is 7. The molecular formula is C20H26N2O2S2. The van der Waals surface area contributed by atoms with Crippen LogP contribution >= 0.6 is 23.6 Å². The van der Waals surface area contributed by atoms with Crippen molar-refractivity contribution in [3.63, 3.8) is 0 Å². The Morgan fingerprint density at radius 3 is 2.42 bits per heavy atom. The Balaban J connectivity index is 2.40. The summed E-state index contributed by atoms with van der Waals surface area (Å²) in [6.07, 6.45) is 1.98. The summed E-state index contributed by atoms with van der Waals surface area (Å²) < 4.78 is 5.31. The molecule has 2 rings (SSSR count). The summed E-state index contributed by atoms with van der Waals surface area (Å²) in [4.78, 5) is 13.7. The Morgan fingerprint density at radius 1 is 1.19 bits per heavy atom. The predicted molar refractivity (Wildman–Crippen MR) is 114 cm³/mol. The van der Waals surface area contributed by atoms with Gasteiger partial charge in [-0.3, -0.25) is 0 Å². The fraction of sp³-hybridized carbons (Fsp3) is 0.400. The van der Waals surface area contributed by atoms with Gasteiger partial charge in [0.05, 0.1) is 6.61 Å². The van der Waals surface area contributed by atoms with E-state index in [1.165, 1.54) is 11.3 Å². The summed E-state index contributed by atoms with van der Waals surface area (Å²) in [6.45, 7) is 8.40. The Morgan fingerprint density at radius 2 is 1.85 bits per heavy atom. The molecule has 1 aromatic carbocycles. The van der Waals surface area contributed by atoms with Crippen LogP contribution in [0, 0.1) is 6.92 Å². The molecule has 0 aliphatic rings. The molecule has 0 saturated carbocycles. The zero-order valence-corrected chi connectivity index (χ0v) is 17.4. The third-order valence-corrected chi connectivity index (χ3v) is 5.41. The van der Waals surface area contributed by atoms with Crippen molar-refractivity contribution in [1.82, 2.24) is 5.32 Å². The molecule has 1 heterocycles. The molecule has 0 unspecified atom stereocenters. The number of esters is 1. The second-order valence-corrected chi connectivity index (χ2v) is 7.57. The Kier molecular flexibility index (Phi) is 7.60. The first-order valence-corrected chi connectivity index (χ1v) is 10.2. The molecule has 26 heavy (non-hydrogen) atoms. The van der Waals surface area contributed by atoms with E-state index in [1.54, 1.807) is 0 Å². The second-order valence-electron chi connectivity index (χ2n) is 5.94. The van der Waals surface area contributed by atoms with Gasteiger partial charge < -0.3 is 15.4 Å². The molecule has 2 N–H and O–H groups in total. The normalized spacial score (nSPS) is 10.7. The van der Waals surface area contributed by atoms with Crippen molar-refractivity contribution >= 4 is 39.6 Å². The number of ether oxygens (including phenoxy) is 1. The molecule has 0 amide bonds. The van der Waals surface area contributed by atoms with Gasteiger partial charge in [0.1, 0.15) is 10.6 Å². The molecule has 6 heteroatoms. The topological polar surface area (TPSA) is 50.4 Å². The summed E-state index contributed by atoms with van der Waals surface area (Å²) in [6, 6.07) is 10.2. The summed E-state index contributed by atoms with van der Waals surface area (Å²) in [5.41, 5.74) is 2.45. The first-order valence-electron chi connectivity index (χ1n) is 8.95. The van der Waals surface area contributed by atoms with Crippen LogP contribution in [-0.2, 0) is 4.74 Å². The number of hydrogen-bond donors (Lipinski definition) is 2. The third kappa shape index (κ3) is 4.83. The first kappa shape index (κ1) is 20.4. The van der Waals surface area contributed by atoms with Gasteiger partial charge in [-0.25, -0.2) is 4.79 Å². The number of hydrogen-bond acceptors (Lipinski definition) is 4. The maximum absolute atomic E-state index is 12.7. The highest BCUT2D eigenvalue weighted by Gasteiger charge is 2.25. The molecule has 0 atom stereocenters. The molecule has 0 aliphatic carbocycles. The van der Waals surface area contributed by atoms with Crippen LogP contribution < -0.4 is 10.6 Å². The monoisotopic (exact) mass is 390 g/mol. The lowest BCUT2D eigenvalue weighted by Gasteiger charge is -2.18. The lowest BCUT2D eigenvalue weighted by atomic mass is 10.0. The summed E-state index contributed by atoms with van der Waals surface area (Å²) in [5, 5.41) is 7.78. The zero-order chi connectivity index (χ0) is 19.1. The minimum absolute atomic E-state index is 0.315. The van der Waals surface area contributed by atoms with E-state index < -0.39 is 0 Å². The second kappa shape index (κ2) is 9.69. The summed E-state index contributed by atoms with van der Waals surface area (Å²) in [7, 11) is 0. The lowest BCUT2D eigenvalue weighted by molar-refractivity contribution is 0.0529. The Bertz CT molecular complexity index is 753.